The van der Waals surface area contributed by atoms with Crippen molar-refractivity contribution in [1.29, 1.82) is 5.26 Å². The van der Waals surface area contributed by atoms with E-state index in [0.29, 0.717) is 46.4 Å². The van der Waals surface area contributed by atoms with Crippen molar-refractivity contribution >= 4 is 28.9 Å². The number of nitrogens with zero attached hydrogens (tertiary/aromatic N) is 2. The van der Waals surface area contributed by atoms with Gasteiger partial charge in [0.25, 0.3) is 5.69 Å². The second-order valence-electron chi connectivity index (χ2n) is 5.35. The SMILES string of the molecule is N#C/C(=C\c1cc(Cl)c2c(c1)OCCCO2)c1ccc([N+](=O)[O-])cc1. The van der Waals surface area contributed by atoms with E-state index in [1.165, 1.54) is 24.3 Å². The molecule has 25 heavy (non-hydrogen) atoms. The number of hydrogen-bond acceptors (Lipinski definition) is 5. The Kier molecular flexibility index (Phi) is 4.87. The molecule has 126 valence electrons. The summed E-state index contributed by atoms with van der Waals surface area (Å²) in [6, 6.07) is 11.4. The van der Waals surface area contributed by atoms with E-state index in [1.807, 2.05) is 0 Å². The highest BCUT2D eigenvalue weighted by Gasteiger charge is 2.15. The standard InChI is InChI=1S/C18H13ClN2O4/c19-16-9-12(10-17-18(16)25-7-1-6-24-17)8-14(11-20)13-2-4-15(5-3-13)21(22)23/h2-5,8-10H,1,6-7H2/b14-8+. The average molecular weight is 357 g/mol. The zero-order chi connectivity index (χ0) is 17.8. The van der Waals surface area contributed by atoms with Crippen molar-refractivity contribution in [2.24, 2.45) is 0 Å². The number of benzene rings is 2. The van der Waals surface area contributed by atoms with Crippen molar-refractivity contribution in [3.63, 3.8) is 0 Å². The fourth-order valence-electron chi connectivity index (χ4n) is 2.44. The largest absolute Gasteiger partial charge is 0.489 e. The Balaban J connectivity index is 1.97. The van der Waals surface area contributed by atoms with Gasteiger partial charge in [-0.15, -0.1) is 0 Å². The van der Waals surface area contributed by atoms with Gasteiger partial charge in [0.1, 0.15) is 0 Å². The smallest absolute Gasteiger partial charge is 0.269 e. The molecule has 1 heterocycles. The predicted molar refractivity (Wildman–Crippen MR) is 93.6 cm³/mol. The highest BCUT2D eigenvalue weighted by Crippen LogP contribution is 2.38. The van der Waals surface area contributed by atoms with Gasteiger partial charge in [0.15, 0.2) is 11.5 Å². The topological polar surface area (TPSA) is 85.4 Å². The molecule has 0 fully saturated rings. The summed E-state index contributed by atoms with van der Waals surface area (Å²) in [5, 5.41) is 20.6. The molecule has 2 aromatic carbocycles. The molecule has 0 N–H and O–H groups in total. The number of allylic oxidation sites excluding steroid dienone is 1. The highest BCUT2D eigenvalue weighted by atomic mass is 35.5. The Morgan fingerprint density at radius 3 is 2.64 bits per heavy atom. The molecule has 0 bridgehead atoms. The quantitative estimate of drug-likeness (QED) is 0.350. The van der Waals surface area contributed by atoms with Gasteiger partial charge in [-0.2, -0.15) is 5.26 Å². The predicted octanol–water partition coefficient (Wildman–Crippen LogP) is 4.47. The van der Waals surface area contributed by atoms with Crippen LogP contribution in [0.25, 0.3) is 11.6 Å². The van der Waals surface area contributed by atoms with Crippen molar-refractivity contribution in [2.75, 3.05) is 13.2 Å². The molecule has 7 heteroatoms. The highest BCUT2D eigenvalue weighted by molar-refractivity contribution is 6.32. The van der Waals surface area contributed by atoms with E-state index in [-0.39, 0.29) is 5.69 Å². The Bertz CT molecular complexity index is 885. The van der Waals surface area contributed by atoms with E-state index >= 15 is 0 Å². The van der Waals surface area contributed by atoms with Crippen LogP contribution in [-0.2, 0) is 0 Å². The molecule has 0 radical (unpaired) electrons. The molecular weight excluding hydrogens is 344 g/mol. The molecule has 1 aliphatic heterocycles. The number of nitro groups is 1. The molecule has 0 aromatic heterocycles. The zero-order valence-corrected chi connectivity index (χ0v) is 13.8. The van der Waals surface area contributed by atoms with Crippen molar-refractivity contribution in [3.8, 4) is 17.6 Å². The molecule has 2 aromatic rings. The summed E-state index contributed by atoms with van der Waals surface area (Å²) in [7, 11) is 0. The fraction of sp³-hybridized carbons (Fsp3) is 0.167. The second-order valence-corrected chi connectivity index (χ2v) is 5.76. The van der Waals surface area contributed by atoms with Crippen LogP contribution in [0.2, 0.25) is 5.02 Å². The van der Waals surface area contributed by atoms with E-state index in [0.717, 1.165) is 6.42 Å². The summed E-state index contributed by atoms with van der Waals surface area (Å²) in [6.45, 7) is 1.07. The third-order valence-corrected chi connectivity index (χ3v) is 3.93. The van der Waals surface area contributed by atoms with Crippen LogP contribution in [0.1, 0.15) is 17.5 Å². The van der Waals surface area contributed by atoms with Gasteiger partial charge in [-0.3, -0.25) is 10.1 Å². The van der Waals surface area contributed by atoms with E-state index in [2.05, 4.69) is 6.07 Å². The summed E-state index contributed by atoms with van der Waals surface area (Å²) in [5.74, 6) is 1.04. The summed E-state index contributed by atoms with van der Waals surface area (Å²) >= 11 is 6.26. The van der Waals surface area contributed by atoms with Gasteiger partial charge >= 0.3 is 0 Å². The Morgan fingerprint density at radius 2 is 1.96 bits per heavy atom. The van der Waals surface area contributed by atoms with Crippen LogP contribution in [0, 0.1) is 21.4 Å². The molecule has 0 atom stereocenters. The Morgan fingerprint density at radius 1 is 1.24 bits per heavy atom. The molecule has 3 rings (SSSR count). The first-order valence-electron chi connectivity index (χ1n) is 7.54. The fourth-order valence-corrected chi connectivity index (χ4v) is 2.72. The van der Waals surface area contributed by atoms with Crippen LogP contribution in [0.4, 0.5) is 5.69 Å². The van der Waals surface area contributed by atoms with Gasteiger partial charge in [0.2, 0.25) is 0 Å². The molecule has 0 saturated carbocycles. The van der Waals surface area contributed by atoms with Crippen molar-refractivity contribution in [2.45, 2.75) is 6.42 Å². The molecule has 0 unspecified atom stereocenters. The first-order valence-corrected chi connectivity index (χ1v) is 7.92. The average Bonchev–Trinajstić information content (AvgIpc) is 2.85. The van der Waals surface area contributed by atoms with Crippen molar-refractivity contribution in [3.05, 3.63) is 62.7 Å². The number of nitro benzene ring substituents is 1. The lowest BCUT2D eigenvalue weighted by atomic mass is 10.0. The molecule has 6 nitrogen and oxygen atoms in total. The first kappa shape index (κ1) is 16.8. The van der Waals surface area contributed by atoms with Crippen LogP contribution < -0.4 is 9.47 Å². The number of rotatable bonds is 3. The third-order valence-electron chi connectivity index (χ3n) is 3.65. The van der Waals surface area contributed by atoms with Crippen LogP contribution in [0.3, 0.4) is 0 Å². The van der Waals surface area contributed by atoms with E-state index in [9.17, 15) is 15.4 Å². The number of ether oxygens (including phenoxy) is 2. The van der Waals surface area contributed by atoms with Gasteiger partial charge in [-0.1, -0.05) is 11.6 Å². The maximum atomic E-state index is 10.7. The molecule has 0 aliphatic carbocycles. The van der Waals surface area contributed by atoms with Crippen molar-refractivity contribution < 1.29 is 14.4 Å². The molecule has 0 amide bonds. The second kappa shape index (κ2) is 7.24. The Hall–Kier alpha value is -3.04. The van der Waals surface area contributed by atoms with Crippen LogP contribution in [0.5, 0.6) is 11.5 Å². The summed E-state index contributed by atoms with van der Waals surface area (Å²) in [6.07, 6.45) is 2.42. The van der Waals surface area contributed by atoms with E-state index in [4.69, 9.17) is 21.1 Å². The number of non-ortho nitro benzene ring substituents is 1. The number of hydrogen-bond donors (Lipinski definition) is 0. The van der Waals surface area contributed by atoms with Crippen molar-refractivity contribution in [1.82, 2.24) is 0 Å². The van der Waals surface area contributed by atoms with Gasteiger partial charge < -0.3 is 9.47 Å². The van der Waals surface area contributed by atoms with Gasteiger partial charge in [-0.05, 0) is 41.5 Å². The third kappa shape index (κ3) is 3.73. The lowest BCUT2D eigenvalue weighted by molar-refractivity contribution is -0.384. The monoisotopic (exact) mass is 356 g/mol. The minimum Gasteiger partial charge on any atom is -0.489 e. The zero-order valence-electron chi connectivity index (χ0n) is 13.1. The van der Waals surface area contributed by atoms with Gasteiger partial charge in [0, 0.05) is 18.6 Å². The summed E-state index contributed by atoms with van der Waals surface area (Å²) in [4.78, 5) is 10.2. The van der Waals surface area contributed by atoms with Crippen LogP contribution >= 0.6 is 11.6 Å². The molecule has 0 spiro atoms. The normalized spacial score (nSPS) is 13.7. The Labute approximate surface area is 149 Å². The van der Waals surface area contributed by atoms with E-state index < -0.39 is 4.92 Å². The summed E-state index contributed by atoms with van der Waals surface area (Å²) in [5.41, 5.74) is 1.60. The molecular formula is C18H13ClN2O4. The maximum absolute atomic E-state index is 10.7. The maximum Gasteiger partial charge on any atom is 0.269 e. The summed E-state index contributed by atoms with van der Waals surface area (Å²) < 4.78 is 11.2. The van der Waals surface area contributed by atoms with Crippen LogP contribution in [0.15, 0.2) is 36.4 Å². The van der Waals surface area contributed by atoms with E-state index in [1.54, 1.807) is 18.2 Å². The minimum absolute atomic E-state index is 0.0281. The molecule has 0 saturated heterocycles. The molecule has 1 aliphatic rings. The van der Waals surface area contributed by atoms with Gasteiger partial charge in [0.05, 0.1) is 34.8 Å². The van der Waals surface area contributed by atoms with Crippen LogP contribution in [-0.4, -0.2) is 18.1 Å². The number of nitriles is 1. The lowest BCUT2D eigenvalue weighted by Crippen LogP contribution is -1.97. The first-order chi connectivity index (χ1) is 12.1. The lowest BCUT2D eigenvalue weighted by Gasteiger charge is -2.10. The minimum atomic E-state index is -0.483. The van der Waals surface area contributed by atoms with Gasteiger partial charge in [-0.25, -0.2) is 0 Å². The number of halogens is 1. The number of fused-ring (bicyclic) bond motifs is 1.